The summed E-state index contributed by atoms with van der Waals surface area (Å²) >= 11 is 0. The van der Waals surface area contributed by atoms with Crippen LogP contribution in [0.4, 0.5) is 0 Å². The van der Waals surface area contributed by atoms with Crippen molar-refractivity contribution in [3.05, 3.63) is 0 Å². The molecule has 0 aliphatic heterocycles. The molecule has 0 heterocycles. The molecule has 84 valence electrons. The zero-order valence-electron chi connectivity index (χ0n) is 9.41. The minimum atomic E-state index is 0.179. The zero-order chi connectivity index (χ0) is 10.8. The van der Waals surface area contributed by atoms with Crippen LogP contribution in [0.2, 0.25) is 0 Å². The first-order valence-electron chi connectivity index (χ1n) is 5.12. The molecule has 0 aliphatic carbocycles. The van der Waals surface area contributed by atoms with Gasteiger partial charge in [-0.1, -0.05) is 19.8 Å². The lowest BCUT2D eigenvalue weighted by molar-refractivity contribution is -0.272. The highest BCUT2D eigenvalue weighted by Crippen LogP contribution is 2.01. The van der Waals surface area contributed by atoms with Crippen LogP contribution in [0.25, 0.3) is 0 Å². The van der Waals surface area contributed by atoms with Crippen LogP contribution in [0, 0.1) is 0 Å². The standard InChI is InChI=1S/C10H21NO3/c1-4-5-6-7-10(12)11(2)8-9-14-13-3/h4-9H2,1-3H3. The van der Waals surface area contributed by atoms with Crippen LogP contribution in [0.1, 0.15) is 32.6 Å². The van der Waals surface area contributed by atoms with Gasteiger partial charge in [0.25, 0.3) is 0 Å². The van der Waals surface area contributed by atoms with Crippen molar-refractivity contribution in [3.8, 4) is 0 Å². The quantitative estimate of drug-likeness (QED) is 0.342. The highest BCUT2D eigenvalue weighted by Gasteiger charge is 2.07. The molecule has 14 heavy (non-hydrogen) atoms. The number of amides is 1. The van der Waals surface area contributed by atoms with E-state index in [0.717, 1.165) is 19.3 Å². The number of likely N-dealkylation sites (N-methyl/N-ethyl adjacent to an activating group) is 1. The predicted octanol–water partition coefficient (Wildman–Crippen LogP) is 1.60. The Hall–Kier alpha value is -0.610. The van der Waals surface area contributed by atoms with Crippen LogP contribution in [-0.2, 0) is 14.6 Å². The molecule has 0 N–H and O–H groups in total. The van der Waals surface area contributed by atoms with Gasteiger partial charge in [-0.25, -0.2) is 9.78 Å². The third kappa shape index (κ3) is 6.86. The van der Waals surface area contributed by atoms with Crippen molar-refractivity contribution >= 4 is 5.91 Å². The molecule has 0 spiro atoms. The molecule has 0 unspecified atom stereocenters. The zero-order valence-corrected chi connectivity index (χ0v) is 9.41. The average molecular weight is 203 g/mol. The maximum Gasteiger partial charge on any atom is 0.222 e. The number of hydrogen-bond donors (Lipinski definition) is 0. The van der Waals surface area contributed by atoms with E-state index in [9.17, 15) is 4.79 Å². The van der Waals surface area contributed by atoms with Gasteiger partial charge in [-0.05, 0) is 6.42 Å². The van der Waals surface area contributed by atoms with E-state index in [-0.39, 0.29) is 5.91 Å². The lowest BCUT2D eigenvalue weighted by Crippen LogP contribution is -2.29. The van der Waals surface area contributed by atoms with Crippen LogP contribution in [0.5, 0.6) is 0 Å². The van der Waals surface area contributed by atoms with Gasteiger partial charge in [0.05, 0.1) is 13.7 Å². The second-order valence-corrected chi connectivity index (χ2v) is 3.26. The van der Waals surface area contributed by atoms with E-state index in [4.69, 9.17) is 0 Å². The van der Waals surface area contributed by atoms with Crippen molar-refractivity contribution < 1.29 is 14.6 Å². The molecule has 0 bridgehead atoms. The molecular formula is C10H21NO3. The van der Waals surface area contributed by atoms with Gasteiger partial charge in [0.15, 0.2) is 0 Å². The van der Waals surface area contributed by atoms with Crippen LogP contribution in [-0.4, -0.2) is 38.1 Å². The van der Waals surface area contributed by atoms with Gasteiger partial charge in [0.1, 0.15) is 0 Å². The SMILES string of the molecule is CCCCCC(=O)N(C)CCOOC. The van der Waals surface area contributed by atoms with Crippen molar-refractivity contribution in [2.75, 3.05) is 27.3 Å². The van der Waals surface area contributed by atoms with Gasteiger partial charge in [0.2, 0.25) is 5.91 Å². The maximum absolute atomic E-state index is 11.4. The van der Waals surface area contributed by atoms with Gasteiger partial charge in [-0.15, -0.1) is 0 Å². The maximum atomic E-state index is 11.4. The van der Waals surface area contributed by atoms with Gasteiger partial charge in [-0.2, -0.15) is 0 Å². The normalized spacial score (nSPS) is 10.2. The van der Waals surface area contributed by atoms with E-state index in [1.807, 2.05) is 0 Å². The molecule has 0 aromatic heterocycles. The lowest BCUT2D eigenvalue weighted by Gasteiger charge is -2.16. The van der Waals surface area contributed by atoms with Crippen molar-refractivity contribution in [1.82, 2.24) is 4.90 Å². The Balaban J connectivity index is 3.44. The molecule has 0 saturated carbocycles. The average Bonchev–Trinajstić information content (AvgIpc) is 2.18. The molecule has 0 fully saturated rings. The van der Waals surface area contributed by atoms with E-state index in [1.54, 1.807) is 11.9 Å². The highest BCUT2D eigenvalue weighted by atomic mass is 17.2. The number of nitrogens with zero attached hydrogens (tertiary/aromatic N) is 1. The van der Waals surface area contributed by atoms with Crippen molar-refractivity contribution in [1.29, 1.82) is 0 Å². The van der Waals surface area contributed by atoms with E-state index >= 15 is 0 Å². The summed E-state index contributed by atoms with van der Waals surface area (Å²) < 4.78 is 0. The molecule has 0 saturated heterocycles. The van der Waals surface area contributed by atoms with Gasteiger partial charge in [0, 0.05) is 20.0 Å². The Labute approximate surface area is 86.1 Å². The fourth-order valence-electron chi connectivity index (χ4n) is 1.10. The molecule has 4 heteroatoms. The molecule has 0 rings (SSSR count). The minimum absolute atomic E-state index is 0.179. The van der Waals surface area contributed by atoms with Gasteiger partial charge < -0.3 is 4.90 Å². The van der Waals surface area contributed by atoms with E-state index in [1.165, 1.54) is 7.11 Å². The van der Waals surface area contributed by atoms with Crippen LogP contribution < -0.4 is 0 Å². The Morgan fingerprint density at radius 2 is 2.07 bits per heavy atom. The van der Waals surface area contributed by atoms with Crippen LogP contribution in [0.3, 0.4) is 0 Å². The third-order valence-corrected chi connectivity index (χ3v) is 2.05. The Morgan fingerprint density at radius 1 is 1.36 bits per heavy atom. The molecule has 0 aromatic carbocycles. The first-order chi connectivity index (χ1) is 6.72. The van der Waals surface area contributed by atoms with Crippen molar-refractivity contribution in [2.24, 2.45) is 0 Å². The molecule has 0 atom stereocenters. The molecule has 0 aliphatic rings. The van der Waals surface area contributed by atoms with E-state index < -0.39 is 0 Å². The fourth-order valence-corrected chi connectivity index (χ4v) is 1.10. The highest BCUT2D eigenvalue weighted by molar-refractivity contribution is 5.75. The largest absolute Gasteiger partial charge is 0.343 e. The van der Waals surface area contributed by atoms with Crippen LogP contribution >= 0.6 is 0 Å². The first kappa shape index (κ1) is 13.4. The molecule has 0 radical (unpaired) electrons. The van der Waals surface area contributed by atoms with Crippen LogP contribution in [0.15, 0.2) is 0 Å². The predicted molar refractivity (Wildman–Crippen MR) is 54.7 cm³/mol. The summed E-state index contributed by atoms with van der Waals surface area (Å²) in [4.78, 5) is 22.2. The van der Waals surface area contributed by atoms with Crippen molar-refractivity contribution in [3.63, 3.8) is 0 Å². The number of hydrogen-bond acceptors (Lipinski definition) is 3. The second-order valence-electron chi connectivity index (χ2n) is 3.26. The number of carbonyl (C=O) groups is 1. The molecule has 1 amide bonds. The summed E-state index contributed by atoms with van der Waals surface area (Å²) in [6, 6.07) is 0. The molecule has 0 aromatic rings. The second kappa shape index (κ2) is 8.97. The Kier molecular flexibility index (Phi) is 8.57. The van der Waals surface area contributed by atoms with Gasteiger partial charge >= 0.3 is 0 Å². The Bertz CT molecular complexity index is 150. The molecule has 4 nitrogen and oxygen atoms in total. The van der Waals surface area contributed by atoms with Gasteiger partial charge in [-0.3, -0.25) is 4.79 Å². The number of unbranched alkanes of at least 4 members (excludes halogenated alkanes) is 2. The Morgan fingerprint density at radius 3 is 2.64 bits per heavy atom. The summed E-state index contributed by atoms with van der Waals surface area (Å²) in [5.41, 5.74) is 0. The van der Waals surface area contributed by atoms with Crippen molar-refractivity contribution in [2.45, 2.75) is 32.6 Å². The summed E-state index contributed by atoms with van der Waals surface area (Å²) in [5, 5.41) is 0. The number of rotatable bonds is 8. The summed E-state index contributed by atoms with van der Waals surface area (Å²) in [6.07, 6.45) is 3.88. The fraction of sp³-hybridized carbons (Fsp3) is 0.900. The summed E-state index contributed by atoms with van der Waals surface area (Å²) in [6.45, 7) is 3.13. The summed E-state index contributed by atoms with van der Waals surface area (Å²) in [7, 11) is 3.25. The van der Waals surface area contributed by atoms with E-state index in [2.05, 4.69) is 16.7 Å². The topological polar surface area (TPSA) is 38.8 Å². The lowest BCUT2D eigenvalue weighted by atomic mass is 10.2. The monoisotopic (exact) mass is 203 g/mol. The molecular weight excluding hydrogens is 182 g/mol. The third-order valence-electron chi connectivity index (χ3n) is 2.05. The first-order valence-corrected chi connectivity index (χ1v) is 5.12. The minimum Gasteiger partial charge on any atom is -0.343 e. The summed E-state index contributed by atoms with van der Waals surface area (Å²) in [5.74, 6) is 0.179. The van der Waals surface area contributed by atoms with E-state index in [0.29, 0.717) is 19.6 Å². The number of carbonyl (C=O) groups excluding carboxylic acids is 1. The smallest absolute Gasteiger partial charge is 0.222 e.